The molecule has 0 aromatic carbocycles. The van der Waals surface area contributed by atoms with Crippen LogP contribution in [0, 0.1) is 0 Å². The first-order valence-electron chi connectivity index (χ1n) is 4.17. The molecule has 16 heavy (non-hydrogen) atoms. The summed E-state index contributed by atoms with van der Waals surface area (Å²) in [5, 5.41) is 8.45. The average molecular weight is 230 g/mol. The molecule has 84 valence electrons. The maximum atomic E-state index is 12.5. The minimum absolute atomic E-state index is 0.0484. The Labute approximate surface area is 86.7 Å². The second-order valence-electron chi connectivity index (χ2n) is 3.13. The minimum Gasteiger partial charge on any atom is -0.477 e. The van der Waals surface area contributed by atoms with Gasteiger partial charge in [-0.15, -0.1) is 0 Å². The van der Waals surface area contributed by atoms with Crippen LogP contribution in [0.5, 0.6) is 0 Å². The number of H-pyrrole nitrogens is 1. The lowest BCUT2D eigenvalue weighted by Gasteiger charge is -2.06. The fraction of sp³-hybridized carbons (Fsp3) is 0.111. The highest BCUT2D eigenvalue weighted by molar-refractivity contribution is 5.94. The Morgan fingerprint density at radius 1 is 1.38 bits per heavy atom. The molecule has 0 spiro atoms. The lowest BCUT2D eigenvalue weighted by molar-refractivity contribution is -0.136. The Morgan fingerprint density at radius 3 is 2.62 bits per heavy atom. The average Bonchev–Trinajstić information content (AvgIpc) is 2.58. The van der Waals surface area contributed by atoms with E-state index in [1.807, 2.05) is 0 Å². The Bertz CT molecular complexity index is 559. The number of nitrogens with zero attached hydrogens (tertiary/aromatic N) is 1. The number of rotatable bonds is 1. The van der Waals surface area contributed by atoms with Gasteiger partial charge in [0.1, 0.15) is 5.69 Å². The van der Waals surface area contributed by atoms with Crippen LogP contribution in [-0.2, 0) is 6.18 Å². The molecular weight excluding hydrogens is 225 g/mol. The van der Waals surface area contributed by atoms with Crippen LogP contribution in [0.1, 0.15) is 16.1 Å². The van der Waals surface area contributed by atoms with Gasteiger partial charge in [0, 0.05) is 11.6 Å². The Balaban J connectivity index is 2.73. The van der Waals surface area contributed by atoms with E-state index in [4.69, 9.17) is 5.11 Å². The molecule has 0 aliphatic heterocycles. The second kappa shape index (κ2) is 3.22. The number of aromatic amines is 1. The molecule has 0 radical (unpaired) electrons. The molecule has 2 aromatic heterocycles. The monoisotopic (exact) mass is 230 g/mol. The van der Waals surface area contributed by atoms with Gasteiger partial charge in [0.15, 0.2) is 0 Å². The van der Waals surface area contributed by atoms with Crippen molar-refractivity contribution in [1.82, 2.24) is 9.97 Å². The molecule has 0 saturated carbocycles. The zero-order valence-corrected chi connectivity index (χ0v) is 7.67. The van der Waals surface area contributed by atoms with Gasteiger partial charge in [0.2, 0.25) is 0 Å². The Morgan fingerprint density at radius 2 is 2.06 bits per heavy atom. The number of halogens is 3. The number of aromatic carboxylic acids is 1. The van der Waals surface area contributed by atoms with E-state index in [1.165, 1.54) is 0 Å². The van der Waals surface area contributed by atoms with Crippen molar-refractivity contribution in [3.8, 4) is 0 Å². The van der Waals surface area contributed by atoms with Crippen LogP contribution in [-0.4, -0.2) is 21.0 Å². The van der Waals surface area contributed by atoms with Crippen LogP contribution >= 0.6 is 0 Å². The van der Waals surface area contributed by atoms with Crippen molar-refractivity contribution < 1.29 is 23.1 Å². The number of carboxylic acids is 1. The third kappa shape index (κ3) is 1.60. The zero-order chi connectivity index (χ0) is 11.9. The number of pyridine rings is 1. The van der Waals surface area contributed by atoms with Crippen molar-refractivity contribution in [1.29, 1.82) is 0 Å². The van der Waals surface area contributed by atoms with Gasteiger partial charge in [-0.3, -0.25) is 4.98 Å². The molecule has 0 unspecified atom stereocenters. The number of hydrogen-bond acceptors (Lipinski definition) is 2. The van der Waals surface area contributed by atoms with Crippen LogP contribution in [0.25, 0.3) is 10.9 Å². The molecule has 2 heterocycles. The fourth-order valence-corrected chi connectivity index (χ4v) is 1.39. The summed E-state index contributed by atoms with van der Waals surface area (Å²) < 4.78 is 37.6. The molecule has 2 aromatic rings. The van der Waals surface area contributed by atoms with Crippen LogP contribution in [0.2, 0.25) is 0 Å². The number of fused-ring (bicyclic) bond motifs is 1. The molecule has 0 saturated heterocycles. The van der Waals surface area contributed by atoms with Gasteiger partial charge < -0.3 is 10.1 Å². The van der Waals surface area contributed by atoms with E-state index in [1.54, 1.807) is 0 Å². The molecule has 0 fully saturated rings. The van der Waals surface area contributed by atoms with Crippen molar-refractivity contribution in [2.24, 2.45) is 0 Å². The highest BCUT2D eigenvalue weighted by Crippen LogP contribution is 2.34. The van der Waals surface area contributed by atoms with E-state index < -0.39 is 17.7 Å². The van der Waals surface area contributed by atoms with Crippen molar-refractivity contribution >= 4 is 16.9 Å². The van der Waals surface area contributed by atoms with E-state index >= 15 is 0 Å². The number of nitrogens with one attached hydrogen (secondary N) is 1. The summed E-state index contributed by atoms with van der Waals surface area (Å²) in [4.78, 5) is 16.4. The topological polar surface area (TPSA) is 66.0 Å². The molecule has 2 rings (SSSR count). The normalized spacial score (nSPS) is 11.9. The lowest BCUT2D eigenvalue weighted by Crippen LogP contribution is -2.05. The lowest BCUT2D eigenvalue weighted by atomic mass is 10.2. The van der Waals surface area contributed by atoms with E-state index in [9.17, 15) is 18.0 Å². The van der Waals surface area contributed by atoms with Gasteiger partial charge >= 0.3 is 12.1 Å². The Hall–Kier alpha value is -2.05. The van der Waals surface area contributed by atoms with Crippen LogP contribution < -0.4 is 0 Å². The smallest absolute Gasteiger partial charge is 0.418 e. The molecule has 0 aliphatic carbocycles. The van der Waals surface area contributed by atoms with E-state index in [-0.39, 0.29) is 16.6 Å². The summed E-state index contributed by atoms with van der Waals surface area (Å²) in [6.45, 7) is 0. The maximum absolute atomic E-state index is 12.5. The maximum Gasteiger partial charge on any atom is 0.418 e. The van der Waals surface area contributed by atoms with Gasteiger partial charge in [-0.1, -0.05) is 0 Å². The molecule has 0 amide bonds. The van der Waals surface area contributed by atoms with Gasteiger partial charge in [0.05, 0.1) is 17.3 Å². The van der Waals surface area contributed by atoms with E-state index in [0.717, 1.165) is 12.3 Å². The molecule has 7 heteroatoms. The number of carbonyl (C=O) groups is 1. The van der Waals surface area contributed by atoms with Gasteiger partial charge in [0.25, 0.3) is 0 Å². The summed E-state index contributed by atoms with van der Waals surface area (Å²) in [5.41, 5.74) is -1.20. The Kier molecular flexibility index (Phi) is 2.11. The third-order valence-corrected chi connectivity index (χ3v) is 2.08. The summed E-state index contributed by atoms with van der Waals surface area (Å²) in [6.07, 6.45) is -2.73. The summed E-state index contributed by atoms with van der Waals surface area (Å²) in [7, 11) is 0. The van der Waals surface area contributed by atoms with Crippen molar-refractivity contribution in [3.05, 3.63) is 29.7 Å². The number of hydrogen-bond donors (Lipinski definition) is 2. The number of carboxylic acid groups (broad SMARTS) is 1. The molecular formula is C9H5F3N2O2. The van der Waals surface area contributed by atoms with E-state index in [0.29, 0.717) is 6.20 Å². The fourth-order valence-electron chi connectivity index (χ4n) is 1.39. The SMILES string of the molecule is O=C(O)c1cc2c(C(F)(F)F)cncc2[nH]1. The molecule has 0 aliphatic rings. The molecule has 2 N–H and O–H groups in total. The van der Waals surface area contributed by atoms with Crippen LogP contribution in [0.15, 0.2) is 18.5 Å². The minimum atomic E-state index is -4.55. The van der Waals surface area contributed by atoms with Gasteiger partial charge in [-0.25, -0.2) is 4.79 Å². The van der Waals surface area contributed by atoms with Crippen molar-refractivity contribution in [2.75, 3.05) is 0 Å². The predicted molar refractivity (Wildman–Crippen MR) is 48.1 cm³/mol. The molecule has 0 bridgehead atoms. The number of aromatic nitrogens is 2. The quantitative estimate of drug-likeness (QED) is 0.789. The van der Waals surface area contributed by atoms with Crippen LogP contribution in [0.3, 0.4) is 0 Å². The largest absolute Gasteiger partial charge is 0.477 e. The van der Waals surface area contributed by atoms with Gasteiger partial charge in [-0.2, -0.15) is 13.2 Å². The first kappa shape index (κ1) is 10.5. The highest BCUT2D eigenvalue weighted by Gasteiger charge is 2.33. The summed E-state index contributed by atoms with van der Waals surface area (Å²) >= 11 is 0. The first-order chi connectivity index (χ1) is 7.39. The second-order valence-corrected chi connectivity index (χ2v) is 3.13. The number of alkyl halides is 3. The standard InChI is InChI=1S/C9H5F3N2O2/c10-9(11,12)5-2-13-3-7-4(5)1-6(14-7)8(15)16/h1-3,14H,(H,15,16). The first-order valence-corrected chi connectivity index (χ1v) is 4.17. The molecule has 4 nitrogen and oxygen atoms in total. The third-order valence-electron chi connectivity index (χ3n) is 2.08. The van der Waals surface area contributed by atoms with Gasteiger partial charge in [-0.05, 0) is 6.07 Å². The predicted octanol–water partition coefficient (Wildman–Crippen LogP) is 2.28. The zero-order valence-electron chi connectivity index (χ0n) is 7.67. The van der Waals surface area contributed by atoms with Crippen molar-refractivity contribution in [2.45, 2.75) is 6.18 Å². The molecule has 0 atom stereocenters. The van der Waals surface area contributed by atoms with Crippen LogP contribution in [0.4, 0.5) is 13.2 Å². The van der Waals surface area contributed by atoms with Crippen molar-refractivity contribution in [3.63, 3.8) is 0 Å². The van der Waals surface area contributed by atoms with E-state index in [2.05, 4.69) is 9.97 Å². The summed E-state index contributed by atoms with van der Waals surface area (Å²) in [5.74, 6) is -1.32. The summed E-state index contributed by atoms with van der Waals surface area (Å²) in [6, 6.07) is 0.947. The highest BCUT2D eigenvalue weighted by atomic mass is 19.4.